The van der Waals surface area contributed by atoms with E-state index >= 15 is 0 Å². The van der Waals surface area contributed by atoms with Gasteiger partial charge in [0, 0.05) is 5.39 Å². The summed E-state index contributed by atoms with van der Waals surface area (Å²) in [5, 5.41) is 4.85. The fourth-order valence-corrected chi connectivity index (χ4v) is 2.60. The minimum atomic E-state index is 0.317. The Kier molecular flexibility index (Phi) is 5.10. The molecule has 0 saturated heterocycles. The first-order valence-corrected chi connectivity index (χ1v) is 8.12. The zero-order chi connectivity index (χ0) is 15.5. The van der Waals surface area contributed by atoms with Gasteiger partial charge >= 0.3 is 0 Å². The maximum Gasteiger partial charge on any atom is 0.134 e. The van der Waals surface area contributed by atoms with Crippen molar-refractivity contribution in [3.05, 3.63) is 35.6 Å². The van der Waals surface area contributed by atoms with Crippen molar-refractivity contribution in [1.29, 1.82) is 0 Å². The van der Waals surface area contributed by atoms with Crippen LogP contribution in [0.3, 0.4) is 0 Å². The lowest BCUT2D eigenvalue weighted by molar-refractivity contribution is 0.314. The van der Waals surface area contributed by atoms with Crippen molar-refractivity contribution >= 4 is 11.0 Å². The fourth-order valence-electron chi connectivity index (χ4n) is 2.60. The Bertz CT molecular complexity index is 577. The molecule has 0 bridgehead atoms. The summed E-state index contributed by atoms with van der Waals surface area (Å²) in [6.45, 7) is 12.3. The van der Waals surface area contributed by atoms with Crippen LogP contribution in [0.2, 0.25) is 0 Å². The summed E-state index contributed by atoms with van der Waals surface area (Å²) >= 11 is 0. The van der Waals surface area contributed by atoms with Crippen LogP contribution in [-0.2, 0) is 0 Å². The molecule has 116 valence electrons. The van der Waals surface area contributed by atoms with Gasteiger partial charge in [0.2, 0.25) is 0 Å². The van der Waals surface area contributed by atoms with E-state index in [4.69, 9.17) is 4.42 Å². The number of furan rings is 1. The molecule has 1 aromatic heterocycles. The average Bonchev–Trinajstić information content (AvgIpc) is 2.80. The highest BCUT2D eigenvalue weighted by Crippen LogP contribution is 2.31. The zero-order valence-electron chi connectivity index (χ0n) is 14.1. The van der Waals surface area contributed by atoms with E-state index in [1.807, 2.05) is 0 Å². The largest absolute Gasteiger partial charge is 0.459 e. The number of hydrogen-bond donors (Lipinski definition) is 1. The highest BCUT2D eigenvalue weighted by atomic mass is 16.3. The number of aryl methyl sites for hydroxylation is 1. The molecule has 0 fully saturated rings. The van der Waals surface area contributed by atoms with Crippen molar-refractivity contribution in [3.8, 4) is 0 Å². The van der Waals surface area contributed by atoms with Crippen LogP contribution in [0.5, 0.6) is 0 Å². The molecule has 0 radical (unpaired) electrons. The quantitative estimate of drug-likeness (QED) is 0.747. The van der Waals surface area contributed by atoms with E-state index in [0.29, 0.717) is 11.5 Å². The van der Waals surface area contributed by atoms with Gasteiger partial charge in [-0.25, -0.2) is 0 Å². The van der Waals surface area contributed by atoms with Gasteiger partial charge in [-0.15, -0.1) is 0 Å². The van der Waals surface area contributed by atoms with Gasteiger partial charge in [-0.1, -0.05) is 39.3 Å². The zero-order valence-corrected chi connectivity index (χ0v) is 14.1. The molecule has 0 amide bonds. The summed E-state index contributed by atoms with van der Waals surface area (Å²) in [5.74, 6) is 1.08. The van der Waals surface area contributed by atoms with Gasteiger partial charge in [0.05, 0.1) is 6.04 Å². The second-order valence-electron chi connectivity index (χ2n) is 7.30. The van der Waals surface area contributed by atoms with Crippen molar-refractivity contribution in [2.24, 2.45) is 5.41 Å². The van der Waals surface area contributed by atoms with Crippen LogP contribution < -0.4 is 5.32 Å². The molecule has 2 nitrogen and oxygen atoms in total. The van der Waals surface area contributed by atoms with Gasteiger partial charge < -0.3 is 9.73 Å². The molecule has 1 N–H and O–H groups in total. The summed E-state index contributed by atoms with van der Waals surface area (Å²) in [4.78, 5) is 0. The maximum absolute atomic E-state index is 6.08. The van der Waals surface area contributed by atoms with Crippen LogP contribution in [0.15, 0.2) is 28.7 Å². The lowest BCUT2D eigenvalue weighted by Gasteiger charge is -2.22. The smallest absolute Gasteiger partial charge is 0.134 e. The summed E-state index contributed by atoms with van der Waals surface area (Å²) in [6, 6.07) is 8.91. The molecule has 0 aliphatic rings. The second-order valence-corrected chi connectivity index (χ2v) is 7.30. The van der Waals surface area contributed by atoms with Gasteiger partial charge in [-0.3, -0.25) is 0 Å². The number of nitrogens with one attached hydrogen (secondary N) is 1. The third-order valence-electron chi connectivity index (χ3n) is 3.86. The molecular formula is C19H29NO. The van der Waals surface area contributed by atoms with Crippen molar-refractivity contribution < 1.29 is 4.42 Å². The Hall–Kier alpha value is -1.28. The Labute approximate surface area is 128 Å². The summed E-state index contributed by atoms with van der Waals surface area (Å²) in [5.41, 5.74) is 2.63. The van der Waals surface area contributed by atoms with Gasteiger partial charge in [-0.05, 0) is 56.3 Å². The first-order chi connectivity index (χ1) is 9.89. The van der Waals surface area contributed by atoms with Crippen LogP contribution in [0.4, 0.5) is 0 Å². The number of fused-ring (bicyclic) bond motifs is 1. The minimum absolute atomic E-state index is 0.317. The van der Waals surface area contributed by atoms with E-state index in [1.165, 1.54) is 17.4 Å². The van der Waals surface area contributed by atoms with Crippen LogP contribution in [0, 0.1) is 12.3 Å². The highest BCUT2D eigenvalue weighted by Gasteiger charge is 2.19. The van der Waals surface area contributed by atoms with Crippen LogP contribution in [-0.4, -0.2) is 6.54 Å². The average molecular weight is 287 g/mol. The highest BCUT2D eigenvalue weighted by molar-refractivity contribution is 5.78. The van der Waals surface area contributed by atoms with Crippen LogP contribution in [0.1, 0.15) is 64.3 Å². The fraction of sp³-hybridized carbons (Fsp3) is 0.579. The number of rotatable bonds is 6. The van der Waals surface area contributed by atoms with Gasteiger partial charge in [0.1, 0.15) is 11.3 Å². The molecule has 1 unspecified atom stereocenters. The summed E-state index contributed by atoms with van der Waals surface area (Å²) in [7, 11) is 0. The normalized spacial score (nSPS) is 13.8. The minimum Gasteiger partial charge on any atom is -0.459 e. The Morgan fingerprint density at radius 2 is 1.95 bits per heavy atom. The molecule has 1 aromatic carbocycles. The van der Waals surface area contributed by atoms with Crippen molar-refractivity contribution in [2.75, 3.05) is 6.54 Å². The van der Waals surface area contributed by atoms with Crippen LogP contribution in [0.25, 0.3) is 11.0 Å². The third kappa shape index (κ3) is 4.60. The van der Waals surface area contributed by atoms with Gasteiger partial charge in [-0.2, -0.15) is 0 Å². The Morgan fingerprint density at radius 3 is 2.62 bits per heavy atom. The molecule has 21 heavy (non-hydrogen) atoms. The molecule has 2 aromatic rings. The van der Waals surface area contributed by atoms with E-state index in [0.717, 1.165) is 30.7 Å². The second kappa shape index (κ2) is 6.65. The lowest BCUT2D eigenvalue weighted by Crippen LogP contribution is -2.23. The van der Waals surface area contributed by atoms with E-state index in [1.54, 1.807) is 0 Å². The van der Waals surface area contributed by atoms with Gasteiger partial charge in [0.15, 0.2) is 0 Å². The molecular weight excluding hydrogens is 258 g/mol. The van der Waals surface area contributed by atoms with Crippen molar-refractivity contribution in [1.82, 2.24) is 5.32 Å². The lowest BCUT2D eigenvalue weighted by atomic mass is 9.88. The van der Waals surface area contributed by atoms with E-state index in [9.17, 15) is 0 Å². The Morgan fingerprint density at radius 1 is 1.19 bits per heavy atom. The molecule has 1 heterocycles. The number of benzene rings is 1. The molecule has 0 aliphatic heterocycles. The molecule has 0 spiro atoms. The van der Waals surface area contributed by atoms with Crippen molar-refractivity contribution in [3.63, 3.8) is 0 Å². The van der Waals surface area contributed by atoms with Crippen LogP contribution >= 0.6 is 0 Å². The summed E-state index contributed by atoms with van der Waals surface area (Å²) < 4.78 is 6.08. The third-order valence-corrected chi connectivity index (χ3v) is 3.86. The first kappa shape index (κ1) is 16.1. The molecule has 0 saturated carbocycles. The summed E-state index contributed by atoms with van der Waals surface area (Å²) in [6.07, 6.45) is 3.44. The van der Waals surface area contributed by atoms with E-state index < -0.39 is 0 Å². The maximum atomic E-state index is 6.08. The Balaban J connectivity index is 2.20. The predicted molar refractivity (Wildman–Crippen MR) is 90.7 cm³/mol. The van der Waals surface area contributed by atoms with Gasteiger partial charge in [0.25, 0.3) is 0 Å². The molecule has 0 aliphatic carbocycles. The van der Waals surface area contributed by atoms with E-state index in [-0.39, 0.29) is 0 Å². The van der Waals surface area contributed by atoms with Crippen molar-refractivity contribution in [2.45, 2.75) is 59.9 Å². The number of hydrogen-bond acceptors (Lipinski definition) is 2. The molecule has 2 heteroatoms. The SMILES string of the molecule is CCCNC(CCC(C)(C)C)c1cc2cc(C)ccc2o1. The first-order valence-electron chi connectivity index (χ1n) is 8.12. The topological polar surface area (TPSA) is 25.2 Å². The monoisotopic (exact) mass is 287 g/mol. The molecule has 2 rings (SSSR count). The standard InChI is InChI=1S/C19H29NO/c1-6-11-20-16(9-10-19(3,4)5)18-13-15-12-14(2)7-8-17(15)21-18/h7-8,12-13,16,20H,6,9-11H2,1-5H3. The predicted octanol–water partition coefficient (Wildman–Crippen LogP) is 5.61. The molecule has 1 atom stereocenters. The van der Waals surface area contributed by atoms with E-state index in [2.05, 4.69) is 64.2 Å².